The van der Waals surface area contributed by atoms with E-state index < -0.39 is 21.4 Å². The Balaban J connectivity index is 1.76. The molecule has 2 aliphatic rings. The Kier molecular flexibility index (Phi) is 4.76. The Labute approximate surface area is 145 Å². The number of hydrogen-bond acceptors (Lipinski definition) is 5. The molecule has 0 aromatic heterocycles. The predicted molar refractivity (Wildman–Crippen MR) is 86.9 cm³/mol. The summed E-state index contributed by atoms with van der Waals surface area (Å²) in [6.07, 6.45) is -4.75. The van der Waals surface area contributed by atoms with E-state index in [4.69, 9.17) is 0 Å². The minimum atomic E-state index is -4.75. The van der Waals surface area contributed by atoms with Gasteiger partial charge in [-0.25, -0.2) is 8.42 Å². The third kappa shape index (κ3) is 3.93. The van der Waals surface area contributed by atoms with Gasteiger partial charge >= 0.3 is 6.36 Å². The number of nitrogens with zero attached hydrogens (tertiary/aromatic N) is 2. The van der Waals surface area contributed by atoms with Gasteiger partial charge in [-0.1, -0.05) is 18.2 Å². The highest BCUT2D eigenvalue weighted by Crippen LogP contribution is 2.37. The molecule has 2 heterocycles. The van der Waals surface area contributed by atoms with Crippen LogP contribution in [0.1, 0.15) is 5.56 Å². The number of halogens is 3. The van der Waals surface area contributed by atoms with Crippen LogP contribution in [-0.2, 0) is 16.4 Å². The zero-order valence-corrected chi connectivity index (χ0v) is 14.8. The fraction of sp³-hybridized carbons (Fsp3) is 0.625. The second-order valence-corrected chi connectivity index (χ2v) is 9.18. The summed E-state index contributed by atoms with van der Waals surface area (Å²) in [5.41, 5.74) is 0.401. The van der Waals surface area contributed by atoms with Gasteiger partial charge in [0, 0.05) is 37.2 Å². The second-order valence-electron chi connectivity index (χ2n) is 6.91. The maximum Gasteiger partial charge on any atom is 0.573 e. The van der Waals surface area contributed by atoms with Gasteiger partial charge in [-0.2, -0.15) is 0 Å². The zero-order valence-electron chi connectivity index (χ0n) is 14.0. The van der Waals surface area contributed by atoms with Crippen LogP contribution in [0.3, 0.4) is 0 Å². The molecule has 3 rings (SSSR count). The lowest BCUT2D eigenvalue weighted by atomic mass is 10.00. The molecule has 1 aromatic rings. The van der Waals surface area contributed by atoms with Crippen LogP contribution in [0, 0.1) is 5.92 Å². The van der Waals surface area contributed by atoms with E-state index in [2.05, 4.69) is 4.74 Å². The van der Waals surface area contributed by atoms with Gasteiger partial charge in [-0.3, -0.25) is 4.90 Å². The molecule has 9 heteroatoms. The zero-order chi connectivity index (χ0) is 18.4. The largest absolute Gasteiger partial charge is 0.573 e. The molecule has 140 valence electrons. The van der Waals surface area contributed by atoms with Crippen molar-refractivity contribution in [1.82, 2.24) is 9.80 Å². The van der Waals surface area contributed by atoms with Gasteiger partial charge in [0.25, 0.3) is 0 Å². The summed E-state index contributed by atoms with van der Waals surface area (Å²) in [4.78, 5) is 3.83. The van der Waals surface area contributed by atoms with E-state index in [0.717, 1.165) is 0 Å². The first kappa shape index (κ1) is 18.5. The van der Waals surface area contributed by atoms with Crippen molar-refractivity contribution < 1.29 is 26.3 Å². The van der Waals surface area contributed by atoms with Crippen molar-refractivity contribution in [3.63, 3.8) is 0 Å². The summed E-state index contributed by atoms with van der Waals surface area (Å²) in [6, 6.07) is 5.93. The van der Waals surface area contributed by atoms with Crippen LogP contribution in [0.25, 0.3) is 0 Å². The molecule has 0 amide bonds. The van der Waals surface area contributed by atoms with Crippen molar-refractivity contribution >= 4 is 9.84 Å². The smallest absolute Gasteiger partial charge is 0.405 e. The minimum absolute atomic E-state index is 0.0179. The van der Waals surface area contributed by atoms with Gasteiger partial charge in [0.15, 0.2) is 9.84 Å². The fourth-order valence-corrected chi connectivity index (χ4v) is 6.38. The Morgan fingerprint density at radius 1 is 1.24 bits per heavy atom. The summed E-state index contributed by atoms with van der Waals surface area (Å²) >= 11 is 0. The lowest BCUT2D eigenvalue weighted by molar-refractivity contribution is -0.275. The van der Waals surface area contributed by atoms with E-state index in [1.807, 2.05) is 23.9 Å². The van der Waals surface area contributed by atoms with Gasteiger partial charge in [0.1, 0.15) is 5.75 Å². The van der Waals surface area contributed by atoms with Crippen LogP contribution in [0.2, 0.25) is 0 Å². The SMILES string of the molecule is CN(C)[C@@H]1CS(=O)(=O)[C@H]2CN(Cc3ccccc3OC(F)(F)F)C[C@@H]12. The summed E-state index contributed by atoms with van der Waals surface area (Å²) < 4.78 is 66.5. The van der Waals surface area contributed by atoms with E-state index in [1.165, 1.54) is 12.1 Å². The molecule has 0 aliphatic carbocycles. The molecule has 2 saturated heterocycles. The average Bonchev–Trinajstić information content (AvgIpc) is 2.99. The molecule has 0 unspecified atom stereocenters. The van der Waals surface area contributed by atoms with Crippen LogP contribution in [0.5, 0.6) is 5.75 Å². The van der Waals surface area contributed by atoms with E-state index >= 15 is 0 Å². The van der Waals surface area contributed by atoms with Crippen molar-refractivity contribution in [3.8, 4) is 5.75 Å². The van der Waals surface area contributed by atoms with Crippen molar-refractivity contribution in [3.05, 3.63) is 29.8 Å². The molecule has 3 atom stereocenters. The highest BCUT2D eigenvalue weighted by molar-refractivity contribution is 7.92. The first-order valence-electron chi connectivity index (χ1n) is 8.01. The second kappa shape index (κ2) is 6.44. The quantitative estimate of drug-likeness (QED) is 0.799. The van der Waals surface area contributed by atoms with Crippen molar-refractivity contribution in [2.24, 2.45) is 5.92 Å². The number of likely N-dealkylation sites (tertiary alicyclic amines) is 1. The van der Waals surface area contributed by atoms with Crippen molar-refractivity contribution in [1.29, 1.82) is 0 Å². The standard InChI is InChI=1S/C16H21F3N2O3S/c1-20(2)13-10-25(22,23)15-9-21(8-12(13)15)7-11-5-3-4-6-14(11)24-16(17,18)19/h3-6,12-13,15H,7-10H2,1-2H3/t12-,13+,15-/m0/s1. The molecule has 0 spiro atoms. The molecular weight excluding hydrogens is 357 g/mol. The average molecular weight is 378 g/mol. The Bertz CT molecular complexity index is 736. The molecule has 0 radical (unpaired) electrons. The van der Waals surface area contributed by atoms with E-state index in [0.29, 0.717) is 18.7 Å². The molecule has 25 heavy (non-hydrogen) atoms. The van der Waals surface area contributed by atoms with Crippen molar-refractivity contribution in [2.75, 3.05) is 32.9 Å². The number of hydrogen-bond donors (Lipinski definition) is 0. The van der Waals surface area contributed by atoms with Crippen LogP contribution in [0.15, 0.2) is 24.3 Å². The maximum absolute atomic E-state index is 12.5. The monoisotopic (exact) mass is 378 g/mol. The topological polar surface area (TPSA) is 49.9 Å². The number of benzene rings is 1. The summed E-state index contributed by atoms with van der Waals surface area (Å²) in [7, 11) is 0.541. The van der Waals surface area contributed by atoms with E-state index in [-0.39, 0.29) is 30.0 Å². The molecule has 0 bridgehead atoms. The highest BCUT2D eigenvalue weighted by Gasteiger charge is 2.52. The van der Waals surface area contributed by atoms with Gasteiger partial charge in [-0.15, -0.1) is 13.2 Å². The lowest BCUT2D eigenvalue weighted by Gasteiger charge is -2.25. The molecule has 2 fully saturated rings. The number of para-hydroxylation sites is 1. The van der Waals surface area contributed by atoms with Gasteiger partial charge in [0.2, 0.25) is 0 Å². The Morgan fingerprint density at radius 3 is 2.56 bits per heavy atom. The number of sulfone groups is 1. The van der Waals surface area contributed by atoms with Crippen LogP contribution in [-0.4, -0.2) is 68.8 Å². The van der Waals surface area contributed by atoms with Crippen molar-refractivity contribution in [2.45, 2.75) is 24.2 Å². The third-order valence-corrected chi connectivity index (χ3v) is 7.23. The summed E-state index contributed by atoms with van der Waals surface area (Å²) in [5.74, 6) is -0.105. The maximum atomic E-state index is 12.5. The minimum Gasteiger partial charge on any atom is -0.405 e. The van der Waals surface area contributed by atoms with E-state index in [1.54, 1.807) is 12.1 Å². The molecule has 0 N–H and O–H groups in total. The molecular formula is C16H21F3N2O3S. The van der Waals surface area contributed by atoms with Gasteiger partial charge in [0.05, 0.1) is 11.0 Å². The van der Waals surface area contributed by atoms with Gasteiger partial charge < -0.3 is 9.64 Å². The highest BCUT2D eigenvalue weighted by atomic mass is 32.2. The van der Waals surface area contributed by atoms with Crippen LogP contribution in [0.4, 0.5) is 13.2 Å². The summed E-state index contributed by atoms with van der Waals surface area (Å²) in [6.45, 7) is 1.12. The lowest BCUT2D eigenvalue weighted by Crippen LogP contribution is -2.37. The summed E-state index contributed by atoms with van der Waals surface area (Å²) in [5, 5.41) is -0.449. The molecule has 0 saturated carbocycles. The van der Waals surface area contributed by atoms with Crippen LogP contribution < -0.4 is 4.74 Å². The number of rotatable bonds is 4. The third-order valence-electron chi connectivity index (χ3n) is 5.00. The molecule has 1 aromatic carbocycles. The fourth-order valence-electron chi connectivity index (χ4n) is 3.88. The number of ether oxygens (including phenoxy) is 1. The predicted octanol–water partition coefficient (Wildman–Crippen LogP) is 1.74. The first-order valence-corrected chi connectivity index (χ1v) is 9.72. The van der Waals surface area contributed by atoms with Crippen LogP contribution >= 0.6 is 0 Å². The Morgan fingerprint density at radius 2 is 1.92 bits per heavy atom. The number of alkyl halides is 3. The molecule has 5 nitrogen and oxygen atoms in total. The Hall–Kier alpha value is -1.32. The number of fused-ring (bicyclic) bond motifs is 1. The van der Waals surface area contributed by atoms with Gasteiger partial charge in [-0.05, 0) is 20.2 Å². The molecule has 2 aliphatic heterocycles. The normalized spacial score (nSPS) is 29.1. The van der Waals surface area contributed by atoms with E-state index in [9.17, 15) is 21.6 Å². The first-order chi connectivity index (χ1) is 11.6.